The van der Waals surface area contributed by atoms with Crippen LogP contribution in [0.15, 0.2) is 59.7 Å². The number of carbonyl (C=O) groups excluding carboxylic acids is 2. The molecule has 1 aliphatic heterocycles. The molecule has 8 heteroatoms. The van der Waals surface area contributed by atoms with Crippen LogP contribution in [0.5, 0.6) is 11.5 Å². The van der Waals surface area contributed by atoms with E-state index in [-0.39, 0.29) is 13.3 Å². The molecule has 1 heterocycles. The lowest BCUT2D eigenvalue weighted by atomic mass is 10.2. The zero-order chi connectivity index (χ0) is 19.1. The van der Waals surface area contributed by atoms with E-state index in [1.807, 2.05) is 36.4 Å². The van der Waals surface area contributed by atoms with E-state index in [0.717, 1.165) is 5.56 Å². The van der Waals surface area contributed by atoms with Crippen molar-refractivity contribution in [3.63, 3.8) is 0 Å². The minimum absolute atomic E-state index is 0.133. The zero-order valence-corrected chi connectivity index (χ0v) is 15.7. The Bertz CT molecular complexity index is 897. The van der Waals surface area contributed by atoms with Crippen molar-refractivity contribution in [2.24, 2.45) is 5.10 Å². The van der Waals surface area contributed by atoms with Crippen LogP contribution in [-0.2, 0) is 4.79 Å². The van der Waals surface area contributed by atoms with Crippen LogP contribution in [0.2, 0.25) is 0 Å². The summed E-state index contributed by atoms with van der Waals surface area (Å²) in [6.45, 7) is -0.0755. The van der Waals surface area contributed by atoms with Crippen LogP contribution >= 0.6 is 15.9 Å². The molecule has 0 spiro atoms. The fraction of sp³-hybridized carbons (Fsp3) is 0.105. The number of halogens is 1. The molecule has 0 fully saturated rings. The highest BCUT2D eigenvalue weighted by Crippen LogP contribution is 2.32. The average molecular weight is 430 g/mol. The van der Waals surface area contributed by atoms with E-state index in [2.05, 4.69) is 31.8 Å². The number of ether oxygens (including phenoxy) is 2. The van der Waals surface area contributed by atoms with Crippen LogP contribution in [0.1, 0.15) is 15.9 Å². The quantitative estimate of drug-likeness (QED) is 0.545. The first-order chi connectivity index (χ1) is 13.1. The second kappa shape index (κ2) is 9.00. The Morgan fingerprint density at radius 1 is 1.11 bits per heavy atom. The molecule has 0 atom stereocenters. The number of hydrogen-bond acceptors (Lipinski definition) is 5. The van der Waals surface area contributed by atoms with Gasteiger partial charge in [0.15, 0.2) is 11.5 Å². The highest BCUT2D eigenvalue weighted by Gasteiger charge is 2.16. The third-order valence-corrected chi connectivity index (χ3v) is 3.99. The van der Waals surface area contributed by atoms with Gasteiger partial charge in [-0.2, -0.15) is 5.10 Å². The fourth-order valence-corrected chi connectivity index (χ4v) is 2.44. The number of hydrazone groups is 1. The maximum absolute atomic E-state index is 12.1. The van der Waals surface area contributed by atoms with Crippen LogP contribution in [0.4, 0.5) is 0 Å². The van der Waals surface area contributed by atoms with E-state index in [1.54, 1.807) is 24.3 Å². The van der Waals surface area contributed by atoms with Crippen molar-refractivity contribution in [2.75, 3.05) is 13.3 Å². The summed E-state index contributed by atoms with van der Waals surface area (Å²) in [5.74, 6) is 0.252. The van der Waals surface area contributed by atoms with Crippen LogP contribution in [0.25, 0.3) is 6.08 Å². The summed E-state index contributed by atoms with van der Waals surface area (Å²) < 4.78 is 10.9. The molecule has 2 N–H and O–H groups in total. The Balaban J connectivity index is 1.46. The van der Waals surface area contributed by atoms with Gasteiger partial charge in [0.2, 0.25) is 6.79 Å². The van der Waals surface area contributed by atoms with Gasteiger partial charge in [0, 0.05) is 5.56 Å². The molecular weight excluding hydrogens is 414 g/mol. The molecule has 1 aliphatic rings. The Kier molecular flexibility index (Phi) is 6.22. The highest BCUT2D eigenvalue weighted by atomic mass is 79.9. The summed E-state index contributed by atoms with van der Waals surface area (Å²) in [5, 5.41) is 6.42. The molecule has 0 radical (unpaired) electrons. The molecule has 2 aromatic rings. The van der Waals surface area contributed by atoms with Crippen molar-refractivity contribution in [3.05, 3.63) is 65.7 Å². The first kappa shape index (κ1) is 18.7. The molecule has 2 aromatic carbocycles. The summed E-state index contributed by atoms with van der Waals surface area (Å²) in [4.78, 5) is 23.9. The fourth-order valence-electron chi connectivity index (χ4n) is 2.22. The Labute approximate surface area is 164 Å². The number of nitrogens with zero attached hydrogens (tertiary/aromatic N) is 1. The normalized spacial score (nSPS) is 12.9. The topological polar surface area (TPSA) is 89.0 Å². The van der Waals surface area contributed by atoms with E-state index in [0.29, 0.717) is 21.7 Å². The molecule has 0 aromatic heterocycles. The lowest BCUT2D eigenvalue weighted by Crippen LogP contribution is -2.35. The van der Waals surface area contributed by atoms with Crippen LogP contribution in [0.3, 0.4) is 0 Å². The second-order valence-electron chi connectivity index (χ2n) is 5.46. The first-order valence-electron chi connectivity index (χ1n) is 8.05. The maximum atomic E-state index is 12.1. The Morgan fingerprint density at radius 3 is 2.70 bits per heavy atom. The van der Waals surface area contributed by atoms with Crippen LogP contribution in [0, 0.1) is 0 Å². The lowest BCUT2D eigenvalue weighted by molar-refractivity contribution is -0.120. The van der Waals surface area contributed by atoms with E-state index in [1.165, 1.54) is 0 Å². The summed E-state index contributed by atoms with van der Waals surface area (Å²) in [6.07, 6.45) is 3.56. The average Bonchev–Trinajstić information content (AvgIpc) is 3.17. The highest BCUT2D eigenvalue weighted by molar-refractivity contribution is 9.18. The molecule has 3 rings (SSSR count). The van der Waals surface area contributed by atoms with Gasteiger partial charge in [-0.3, -0.25) is 9.59 Å². The van der Waals surface area contributed by atoms with Crippen molar-refractivity contribution in [1.82, 2.24) is 10.7 Å². The number of nitrogens with one attached hydrogen (secondary N) is 2. The van der Waals surface area contributed by atoms with Gasteiger partial charge in [-0.05, 0) is 45.8 Å². The number of rotatable bonds is 6. The van der Waals surface area contributed by atoms with Gasteiger partial charge < -0.3 is 14.8 Å². The van der Waals surface area contributed by atoms with Gasteiger partial charge in [0.25, 0.3) is 11.8 Å². The summed E-state index contributed by atoms with van der Waals surface area (Å²) >= 11 is 3.24. The number of amides is 2. The molecule has 2 amide bonds. The number of carbonyl (C=O) groups is 2. The minimum atomic E-state index is -0.450. The number of hydrogen-bond donors (Lipinski definition) is 2. The smallest absolute Gasteiger partial charge is 0.259 e. The minimum Gasteiger partial charge on any atom is -0.454 e. The predicted octanol–water partition coefficient (Wildman–Crippen LogP) is 2.68. The van der Waals surface area contributed by atoms with E-state index < -0.39 is 11.8 Å². The summed E-state index contributed by atoms with van der Waals surface area (Å²) in [6, 6.07) is 14.5. The van der Waals surface area contributed by atoms with E-state index >= 15 is 0 Å². The van der Waals surface area contributed by atoms with Crippen LogP contribution in [-0.4, -0.2) is 29.8 Å². The van der Waals surface area contributed by atoms with Crippen molar-refractivity contribution in [3.8, 4) is 11.5 Å². The van der Waals surface area contributed by atoms with Crippen molar-refractivity contribution in [1.29, 1.82) is 0 Å². The largest absolute Gasteiger partial charge is 0.454 e. The number of fused-ring (bicyclic) bond motifs is 1. The maximum Gasteiger partial charge on any atom is 0.259 e. The van der Waals surface area contributed by atoms with Crippen LogP contribution < -0.4 is 20.2 Å². The summed E-state index contributed by atoms with van der Waals surface area (Å²) in [5.41, 5.74) is 3.74. The molecule has 0 saturated carbocycles. The second-order valence-corrected chi connectivity index (χ2v) is 6.28. The zero-order valence-electron chi connectivity index (χ0n) is 14.1. The number of benzene rings is 2. The van der Waals surface area contributed by atoms with Crippen molar-refractivity contribution >= 4 is 38.4 Å². The molecule has 0 bridgehead atoms. The van der Waals surface area contributed by atoms with Gasteiger partial charge in [0.1, 0.15) is 4.62 Å². The van der Waals surface area contributed by atoms with Gasteiger partial charge in [-0.15, -0.1) is 0 Å². The molecule has 7 nitrogen and oxygen atoms in total. The molecule has 27 heavy (non-hydrogen) atoms. The van der Waals surface area contributed by atoms with Crippen molar-refractivity contribution in [2.45, 2.75) is 0 Å². The summed E-state index contributed by atoms with van der Waals surface area (Å²) in [7, 11) is 0. The molecule has 138 valence electrons. The lowest BCUT2D eigenvalue weighted by Gasteiger charge is -2.05. The Hall–Kier alpha value is -3.13. The molecule has 0 saturated heterocycles. The van der Waals surface area contributed by atoms with Gasteiger partial charge in [-0.25, -0.2) is 5.43 Å². The molecule has 0 aliphatic carbocycles. The van der Waals surface area contributed by atoms with Gasteiger partial charge in [-0.1, -0.05) is 36.4 Å². The predicted molar refractivity (Wildman–Crippen MR) is 105 cm³/mol. The van der Waals surface area contributed by atoms with Crippen molar-refractivity contribution < 1.29 is 19.1 Å². The molecule has 0 unspecified atom stereocenters. The monoisotopic (exact) mass is 429 g/mol. The first-order valence-corrected chi connectivity index (χ1v) is 8.84. The van der Waals surface area contributed by atoms with E-state index in [4.69, 9.17) is 9.47 Å². The standard InChI is InChI=1S/C19H16BrN3O4/c20-17(9-6-13-4-2-1-3-5-13)22-23-18(24)11-21-19(25)14-7-8-15-16(10-14)27-12-26-15/h1-10H,11-12H2,(H,21,25)(H,23,24)/b9-6+,22-17+. The number of allylic oxidation sites excluding steroid dienone is 1. The Morgan fingerprint density at radius 2 is 1.89 bits per heavy atom. The van der Waals surface area contributed by atoms with Gasteiger partial charge in [0.05, 0.1) is 6.54 Å². The van der Waals surface area contributed by atoms with E-state index in [9.17, 15) is 9.59 Å². The third kappa shape index (κ3) is 5.42. The third-order valence-electron chi connectivity index (χ3n) is 3.54. The SMILES string of the molecule is O=C(CNC(=O)c1ccc2c(c1)OCO2)N/N=C(Br)\C=C\c1ccccc1. The molecular formula is C19H16BrN3O4. The van der Waals surface area contributed by atoms with Gasteiger partial charge >= 0.3 is 0 Å².